The summed E-state index contributed by atoms with van der Waals surface area (Å²) in [6.07, 6.45) is 0.692. The second-order valence-electron chi connectivity index (χ2n) is 6.75. The van der Waals surface area contributed by atoms with Gasteiger partial charge in [0.05, 0.1) is 30.8 Å². The third kappa shape index (κ3) is 6.47. The molecule has 0 radical (unpaired) electrons. The van der Waals surface area contributed by atoms with Crippen molar-refractivity contribution in [3.63, 3.8) is 0 Å². The second kappa shape index (κ2) is 11.0. The first-order chi connectivity index (χ1) is 14.2. The number of nitrogens with one attached hydrogen (secondary N) is 1. The van der Waals surface area contributed by atoms with Crippen molar-refractivity contribution in [2.24, 2.45) is 0 Å². The number of carbonyl (C=O) groups excluding carboxylic acids is 3. The van der Waals surface area contributed by atoms with Crippen molar-refractivity contribution < 1.29 is 19.1 Å². The summed E-state index contributed by atoms with van der Waals surface area (Å²) in [5, 5.41) is 3.48. The molecule has 0 spiro atoms. The third-order valence-electron chi connectivity index (χ3n) is 4.41. The van der Waals surface area contributed by atoms with E-state index in [4.69, 9.17) is 27.9 Å². The average Bonchev–Trinajstić information content (AvgIpc) is 2.70. The molecule has 30 heavy (non-hydrogen) atoms. The first-order valence-electron chi connectivity index (χ1n) is 9.45. The molecule has 0 bridgehead atoms. The van der Waals surface area contributed by atoms with Gasteiger partial charge in [0.1, 0.15) is 5.75 Å². The number of hydrogen-bond acceptors (Lipinski definition) is 4. The minimum absolute atomic E-state index is 0.00942. The molecular formula is C22H24Cl2N2O4. The molecule has 2 amide bonds. The lowest BCUT2D eigenvalue weighted by atomic mass is 10.0. The molecular weight excluding hydrogens is 427 g/mol. The van der Waals surface area contributed by atoms with Gasteiger partial charge in [0.25, 0.3) is 0 Å². The topological polar surface area (TPSA) is 75.7 Å². The van der Waals surface area contributed by atoms with Crippen molar-refractivity contribution in [3.8, 4) is 5.75 Å². The monoisotopic (exact) mass is 450 g/mol. The smallest absolute Gasteiger partial charge is 0.244 e. The molecule has 0 saturated heterocycles. The van der Waals surface area contributed by atoms with E-state index in [1.165, 1.54) is 18.9 Å². The van der Waals surface area contributed by atoms with Crippen LogP contribution in [0.25, 0.3) is 0 Å². The minimum atomic E-state index is -0.384. The van der Waals surface area contributed by atoms with E-state index in [2.05, 4.69) is 5.32 Å². The van der Waals surface area contributed by atoms with Crippen LogP contribution in [-0.2, 0) is 16.0 Å². The molecule has 0 heterocycles. The fourth-order valence-corrected chi connectivity index (χ4v) is 3.27. The Morgan fingerprint density at radius 3 is 2.47 bits per heavy atom. The molecule has 2 aromatic carbocycles. The lowest BCUT2D eigenvalue weighted by molar-refractivity contribution is -0.134. The molecule has 1 N–H and O–H groups in total. The number of halogens is 2. The van der Waals surface area contributed by atoms with Crippen molar-refractivity contribution in [1.82, 2.24) is 4.90 Å². The summed E-state index contributed by atoms with van der Waals surface area (Å²) in [6.45, 7) is 3.65. The molecule has 0 unspecified atom stereocenters. The molecule has 160 valence electrons. The molecule has 8 heteroatoms. The number of carbonyl (C=O) groups is 3. The fourth-order valence-electron chi connectivity index (χ4n) is 2.93. The Morgan fingerprint density at radius 2 is 1.83 bits per heavy atom. The number of methoxy groups -OCH3 is 1. The maximum absolute atomic E-state index is 12.9. The summed E-state index contributed by atoms with van der Waals surface area (Å²) in [5.41, 5.74) is 1.47. The predicted octanol–water partition coefficient (Wildman–Crippen LogP) is 4.62. The van der Waals surface area contributed by atoms with Crippen LogP contribution in [0.3, 0.4) is 0 Å². The molecule has 0 aromatic heterocycles. The number of nitrogens with zero attached hydrogens (tertiary/aromatic N) is 1. The maximum Gasteiger partial charge on any atom is 0.244 e. The van der Waals surface area contributed by atoms with Gasteiger partial charge in [-0.05, 0) is 49.7 Å². The zero-order valence-electron chi connectivity index (χ0n) is 17.1. The van der Waals surface area contributed by atoms with Crippen LogP contribution in [0.2, 0.25) is 10.0 Å². The molecule has 2 aromatic rings. The number of amides is 2. The lowest BCUT2D eigenvalue weighted by Crippen LogP contribution is -2.39. The highest BCUT2D eigenvalue weighted by molar-refractivity contribution is 6.35. The van der Waals surface area contributed by atoms with Crippen molar-refractivity contribution in [2.45, 2.75) is 26.7 Å². The molecule has 0 aliphatic rings. The largest absolute Gasteiger partial charge is 0.496 e. The Labute approximate surface area is 186 Å². The maximum atomic E-state index is 12.9. The predicted molar refractivity (Wildman–Crippen MR) is 119 cm³/mol. The Kier molecular flexibility index (Phi) is 8.69. The quantitative estimate of drug-likeness (QED) is 0.565. The normalized spacial score (nSPS) is 10.4. The highest BCUT2D eigenvalue weighted by Crippen LogP contribution is 2.25. The van der Waals surface area contributed by atoms with Crippen LogP contribution in [0.5, 0.6) is 5.75 Å². The molecule has 0 aliphatic heterocycles. The second-order valence-corrected chi connectivity index (χ2v) is 7.59. The van der Waals surface area contributed by atoms with Crippen LogP contribution < -0.4 is 10.1 Å². The molecule has 0 aliphatic carbocycles. The Morgan fingerprint density at radius 1 is 1.10 bits per heavy atom. The Bertz CT molecular complexity index is 947. The van der Waals surface area contributed by atoms with E-state index in [1.807, 2.05) is 6.92 Å². The summed E-state index contributed by atoms with van der Waals surface area (Å²) in [7, 11) is 1.50. The van der Waals surface area contributed by atoms with E-state index in [0.717, 1.165) is 0 Å². The van der Waals surface area contributed by atoms with E-state index in [1.54, 1.807) is 36.4 Å². The summed E-state index contributed by atoms with van der Waals surface area (Å²) in [6, 6.07) is 9.72. The Balaban J connectivity index is 2.14. The van der Waals surface area contributed by atoms with Gasteiger partial charge in [-0.2, -0.15) is 0 Å². The van der Waals surface area contributed by atoms with Gasteiger partial charge in [0.2, 0.25) is 11.8 Å². The zero-order valence-corrected chi connectivity index (χ0v) is 18.6. The van der Waals surface area contributed by atoms with Crippen LogP contribution in [0.15, 0.2) is 36.4 Å². The van der Waals surface area contributed by atoms with E-state index in [0.29, 0.717) is 45.6 Å². The fraction of sp³-hybridized carbons (Fsp3) is 0.318. The number of anilines is 1. The number of hydrogen-bond donors (Lipinski definition) is 1. The van der Waals surface area contributed by atoms with Gasteiger partial charge in [-0.15, -0.1) is 0 Å². The summed E-state index contributed by atoms with van der Waals surface area (Å²) in [5.74, 6) is -0.219. The lowest BCUT2D eigenvalue weighted by Gasteiger charge is -2.22. The van der Waals surface area contributed by atoms with Crippen LogP contribution in [0, 0.1) is 0 Å². The van der Waals surface area contributed by atoms with Crippen molar-refractivity contribution in [3.05, 3.63) is 57.6 Å². The average molecular weight is 451 g/mol. The zero-order chi connectivity index (χ0) is 22.3. The molecule has 2 rings (SSSR count). The number of rotatable bonds is 9. The molecule has 0 atom stereocenters. The standard InChI is InChI=1S/C22H24Cl2N2O4/c1-4-9-26(13-21(28)25-19-12-17(23)6-7-18(19)24)22(29)11-16-10-15(14(2)27)5-8-20(16)30-3/h5-8,10,12H,4,9,11,13H2,1-3H3,(H,25,28). The van der Waals surface area contributed by atoms with Gasteiger partial charge in [-0.25, -0.2) is 0 Å². The van der Waals surface area contributed by atoms with Crippen LogP contribution >= 0.6 is 23.2 Å². The van der Waals surface area contributed by atoms with Gasteiger partial charge in [0, 0.05) is 22.7 Å². The van der Waals surface area contributed by atoms with Crippen LogP contribution in [-0.4, -0.2) is 42.7 Å². The summed E-state index contributed by atoms with van der Waals surface area (Å²) < 4.78 is 5.32. The van der Waals surface area contributed by atoms with Gasteiger partial charge >= 0.3 is 0 Å². The van der Waals surface area contributed by atoms with E-state index in [9.17, 15) is 14.4 Å². The van der Waals surface area contributed by atoms with Crippen LogP contribution in [0.4, 0.5) is 5.69 Å². The van der Waals surface area contributed by atoms with Gasteiger partial charge < -0.3 is 15.0 Å². The minimum Gasteiger partial charge on any atom is -0.496 e. The summed E-state index contributed by atoms with van der Waals surface area (Å²) >= 11 is 12.0. The van der Waals surface area contributed by atoms with E-state index >= 15 is 0 Å². The number of ether oxygens (including phenoxy) is 1. The SMILES string of the molecule is CCCN(CC(=O)Nc1cc(Cl)ccc1Cl)C(=O)Cc1cc(C(C)=O)ccc1OC. The van der Waals surface area contributed by atoms with Crippen molar-refractivity contribution >= 4 is 46.5 Å². The number of Topliss-reactive ketones (excluding diaryl/α,β-unsaturated/α-hetero) is 1. The molecule has 0 saturated carbocycles. The first-order valence-corrected chi connectivity index (χ1v) is 10.2. The highest BCUT2D eigenvalue weighted by atomic mass is 35.5. The first kappa shape index (κ1) is 23.7. The van der Waals surface area contributed by atoms with Gasteiger partial charge in [-0.1, -0.05) is 30.1 Å². The summed E-state index contributed by atoms with van der Waals surface area (Å²) in [4.78, 5) is 38.6. The van der Waals surface area contributed by atoms with Crippen LogP contribution in [0.1, 0.15) is 36.2 Å². The van der Waals surface area contributed by atoms with Gasteiger partial charge in [-0.3, -0.25) is 14.4 Å². The highest BCUT2D eigenvalue weighted by Gasteiger charge is 2.20. The number of ketones is 1. The van der Waals surface area contributed by atoms with Crippen molar-refractivity contribution in [2.75, 3.05) is 25.5 Å². The molecule has 6 nitrogen and oxygen atoms in total. The third-order valence-corrected chi connectivity index (χ3v) is 4.98. The number of benzene rings is 2. The van der Waals surface area contributed by atoms with E-state index < -0.39 is 0 Å². The molecule has 0 fully saturated rings. The Hall–Kier alpha value is -2.57. The van der Waals surface area contributed by atoms with Crippen molar-refractivity contribution in [1.29, 1.82) is 0 Å². The van der Waals surface area contributed by atoms with Gasteiger partial charge in [0.15, 0.2) is 5.78 Å². The van der Waals surface area contributed by atoms with E-state index in [-0.39, 0.29) is 30.6 Å².